The lowest BCUT2D eigenvalue weighted by molar-refractivity contribution is 0.305. The van der Waals surface area contributed by atoms with Gasteiger partial charge in [-0.2, -0.15) is 10.1 Å². The summed E-state index contributed by atoms with van der Waals surface area (Å²) >= 11 is 4.94. The molecular weight excluding hydrogens is 364 g/mol. The Morgan fingerprint density at radius 3 is 2.63 bits per heavy atom. The molecule has 1 aliphatic carbocycles. The molecule has 10 heteroatoms. The van der Waals surface area contributed by atoms with Gasteiger partial charge >= 0.3 is 0 Å². The highest BCUT2D eigenvalue weighted by atomic mass is 32.1. The minimum absolute atomic E-state index is 0.168. The van der Waals surface area contributed by atoms with E-state index < -0.39 is 5.66 Å². The van der Waals surface area contributed by atoms with Gasteiger partial charge in [0.25, 0.3) is 5.56 Å². The Hall–Kier alpha value is -3.01. The first kappa shape index (κ1) is 17.4. The Morgan fingerprint density at radius 2 is 1.89 bits per heavy atom. The molecule has 1 spiro atoms. The zero-order valence-electron chi connectivity index (χ0n) is 14.6. The fourth-order valence-electron chi connectivity index (χ4n) is 3.87. The molecule has 27 heavy (non-hydrogen) atoms. The highest BCUT2D eigenvalue weighted by Gasteiger charge is 2.43. The number of nitrogens with two attached hydrogens (primary N) is 2. The zero-order valence-corrected chi connectivity index (χ0v) is 15.4. The van der Waals surface area contributed by atoms with Crippen LogP contribution in [0.15, 0.2) is 39.0 Å². The molecule has 1 aliphatic heterocycles. The van der Waals surface area contributed by atoms with Crippen molar-refractivity contribution in [3.05, 3.63) is 39.4 Å². The Kier molecular flexibility index (Phi) is 4.27. The van der Waals surface area contributed by atoms with E-state index in [4.69, 9.17) is 23.7 Å². The van der Waals surface area contributed by atoms with Crippen LogP contribution in [0.4, 0.5) is 5.69 Å². The zero-order chi connectivity index (χ0) is 19.0. The van der Waals surface area contributed by atoms with Gasteiger partial charge in [-0.3, -0.25) is 19.8 Å². The molecule has 6 N–H and O–H groups in total. The molecular formula is C17H20N8OS. The number of nitrogens with one attached hydrogen (secondary N) is 2. The number of aromatic nitrogens is 3. The van der Waals surface area contributed by atoms with Crippen LogP contribution in [0, 0.1) is 4.77 Å². The minimum Gasteiger partial charge on any atom is -0.369 e. The predicted octanol–water partition coefficient (Wildman–Crippen LogP) is 1.60. The van der Waals surface area contributed by atoms with Gasteiger partial charge in [-0.25, -0.2) is 4.99 Å². The Labute approximate surface area is 160 Å². The van der Waals surface area contributed by atoms with Crippen LogP contribution in [-0.2, 0) is 0 Å². The number of anilines is 1. The molecule has 1 fully saturated rings. The maximum absolute atomic E-state index is 12.4. The molecule has 9 nitrogen and oxygen atoms in total. The molecule has 1 aromatic heterocycles. The summed E-state index contributed by atoms with van der Waals surface area (Å²) in [7, 11) is 0. The number of rotatable bonds is 2. The SMILES string of the molecule is NC1=NC2(CCCCC2)N(c2ccccc2-c2n[nH]c(=S)[nH]c2=O)C(N)=N1. The monoisotopic (exact) mass is 384 g/mol. The molecule has 0 unspecified atom stereocenters. The third-order valence-electron chi connectivity index (χ3n) is 4.96. The number of H-pyrrole nitrogens is 2. The van der Waals surface area contributed by atoms with Crippen LogP contribution < -0.4 is 21.9 Å². The number of nitrogens with zero attached hydrogens (tertiary/aromatic N) is 4. The standard InChI is InChI=1S/C17H20N8OS/c18-14-21-15(19)25(17(22-14)8-4-1-5-9-17)11-7-3-2-6-10(11)12-13(26)20-16(27)24-23-12/h2-3,6-7H,1,4-5,8-9H2,(H4,18,19,21,22)(H2,20,24,26,27). The quantitative estimate of drug-likeness (QED) is 0.580. The van der Waals surface area contributed by atoms with E-state index in [9.17, 15) is 4.79 Å². The van der Waals surface area contributed by atoms with E-state index in [1.165, 1.54) is 0 Å². The van der Waals surface area contributed by atoms with Crippen LogP contribution in [0.25, 0.3) is 11.3 Å². The van der Waals surface area contributed by atoms with Crippen LogP contribution in [0.5, 0.6) is 0 Å². The predicted molar refractivity (Wildman–Crippen MR) is 107 cm³/mol. The maximum atomic E-state index is 12.4. The fourth-order valence-corrected chi connectivity index (χ4v) is 4.01. The number of aromatic amines is 2. The number of guanidine groups is 2. The second-order valence-electron chi connectivity index (χ2n) is 6.69. The van der Waals surface area contributed by atoms with Gasteiger partial charge in [0, 0.05) is 5.56 Å². The molecule has 140 valence electrons. The van der Waals surface area contributed by atoms with Crippen molar-refractivity contribution >= 4 is 29.8 Å². The lowest BCUT2D eigenvalue weighted by atomic mass is 9.87. The number of aliphatic imine (C=N–C) groups is 2. The van der Waals surface area contributed by atoms with Gasteiger partial charge in [0.1, 0.15) is 5.66 Å². The van der Waals surface area contributed by atoms with Crippen molar-refractivity contribution in [2.24, 2.45) is 21.5 Å². The maximum Gasteiger partial charge on any atom is 0.278 e. The summed E-state index contributed by atoms with van der Waals surface area (Å²) in [5.41, 5.74) is 12.8. The smallest absolute Gasteiger partial charge is 0.278 e. The number of hydrogen-bond acceptors (Lipinski definition) is 8. The van der Waals surface area contributed by atoms with Crippen molar-refractivity contribution in [3.63, 3.8) is 0 Å². The molecule has 4 rings (SSSR count). The molecule has 0 atom stereocenters. The van der Waals surface area contributed by atoms with E-state index in [0.717, 1.165) is 32.1 Å². The molecule has 1 aromatic carbocycles. The van der Waals surface area contributed by atoms with Crippen LogP contribution in [0.3, 0.4) is 0 Å². The van der Waals surface area contributed by atoms with Crippen molar-refractivity contribution in [3.8, 4) is 11.3 Å². The Morgan fingerprint density at radius 1 is 1.15 bits per heavy atom. The van der Waals surface area contributed by atoms with E-state index in [2.05, 4.69) is 25.2 Å². The van der Waals surface area contributed by atoms with E-state index in [-0.39, 0.29) is 27.9 Å². The molecule has 2 heterocycles. The van der Waals surface area contributed by atoms with Gasteiger partial charge < -0.3 is 11.5 Å². The summed E-state index contributed by atoms with van der Waals surface area (Å²) in [4.78, 5) is 25.8. The molecule has 0 bridgehead atoms. The lowest BCUT2D eigenvalue weighted by Crippen LogP contribution is -2.58. The first-order valence-electron chi connectivity index (χ1n) is 8.78. The summed E-state index contributed by atoms with van der Waals surface area (Å²) in [5.74, 6) is 0.444. The first-order chi connectivity index (χ1) is 13.0. The lowest BCUT2D eigenvalue weighted by Gasteiger charge is -2.46. The van der Waals surface area contributed by atoms with E-state index in [0.29, 0.717) is 11.3 Å². The molecule has 2 aliphatic rings. The van der Waals surface area contributed by atoms with Crippen molar-refractivity contribution in [1.82, 2.24) is 15.2 Å². The van der Waals surface area contributed by atoms with Crippen molar-refractivity contribution in [2.75, 3.05) is 4.90 Å². The summed E-state index contributed by atoms with van der Waals surface area (Å²) in [5, 5.41) is 6.78. The van der Waals surface area contributed by atoms with Crippen LogP contribution >= 0.6 is 12.2 Å². The summed E-state index contributed by atoms with van der Waals surface area (Å²) < 4.78 is 0.168. The van der Waals surface area contributed by atoms with Crippen molar-refractivity contribution in [2.45, 2.75) is 37.8 Å². The summed E-state index contributed by atoms with van der Waals surface area (Å²) in [6, 6.07) is 7.41. The number of para-hydroxylation sites is 1. The number of benzene rings is 1. The van der Waals surface area contributed by atoms with Crippen LogP contribution in [0.1, 0.15) is 32.1 Å². The van der Waals surface area contributed by atoms with Crippen molar-refractivity contribution in [1.29, 1.82) is 0 Å². The molecule has 2 aromatic rings. The third kappa shape index (κ3) is 3.01. The normalized spacial score (nSPS) is 18.9. The topological polar surface area (TPSA) is 142 Å². The molecule has 0 amide bonds. The Bertz CT molecular complexity index is 1050. The minimum atomic E-state index is -0.599. The molecule has 1 saturated carbocycles. The van der Waals surface area contributed by atoms with Gasteiger partial charge in [-0.05, 0) is 44.0 Å². The van der Waals surface area contributed by atoms with Gasteiger partial charge in [-0.15, -0.1) is 0 Å². The second kappa shape index (κ2) is 6.62. The molecule has 0 saturated heterocycles. The highest BCUT2D eigenvalue weighted by Crippen LogP contribution is 2.41. The summed E-state index contributed by atoms with van der Waals surface area (Å²) in [6.45, 7) is 0. The largest absolute Gasteiger partial charge is 0.369 e. The van der Waals surface area contributed by atoms with Gasteiger partial charge in [0.05, 0.1) is 5.69 Å². The summed E-state index contributed by atoms with van der Waals surface area (Å²) in [6.07, 6.45) is 4.78. The van der Waals surface area contributed by atoms with E-state index in [1.807, 2.05) is 29.2 Å². The van der Waals surface area contributed by atoms with Gasteiger partial charge in [0.15, 0.2) is 10.5 Å². The van der Waals surface area contributed by atoms with E-state index >= 15 is 0 Å². The fraction of sp³-hybridized carbons (Fsp3) is 0.353. The number of hydrogen-bond donors (Lipinski definition) is 4. The van der Waals surface area contributed by atoms with Gasteiger partial charge in [-0.1, -0.05) is 24.6 Å². The highest BCUT2D eigenvalue weighted by molar-refractivity contribution is 7.71. The van der Waals surface area contributed by atoms with Crippen molar-refractivity contribution < 1.29 is 0 Å². The average molecular weight is 384 g/mol. The van der Waals surface area contributed by atoms with Crippen LogP contribution in [-0.4, -0.2) is 32.8 Å². The molecule has 0 radical (unpaired) electrons. The van der Waals surface area contributed by atoms with Gasteiger partial charge in [0.2, 0.25) is 11.9 Å². The first-order valence-corrected chi connectivity index (χ1v) is 9.19. The second-order valence-corrected chi connectivity index (χ2v) is 7.10. The van der Waals surface area contributed by atoms with E-state index in [1.54, 1.807) is 0 Å². The third-order valence-corrected chi connectivity index (χ3v) is 5.16. The Balaban J connectivity index is 1.91. The van der Waals surface area contributed by atoms with Crippen LogP contribution in [0.2, 0.25) is 0 Å². The average Bonchev–Trinajstić information content (AvgIpc) is 2.62.